The van der Waals surface area contributed by atoms with Gasteiger partial charge in [0.05, 0.1) is 11.6 Å². The Morgan fingerprint density at radius 1 is 1.35 bits per heavy atom. The van der Waals surface area contributed by atoms with Crippen molar-refractivity contribution in [3.63, 3.8) is 0 Å². The Morgan fingerprint density at radius 2 is 2.12 bits per heavy atom. The van der Waals surface area contributed by atoms with Gasteiger partial charge in [0, 0.05) is 13.1 Å². The summed E-state index contributed by atoms with van der Waals surface area (Å²) in [7, 11) is 0. The van der Waals surface area contributed by atoms with Gasteiger partial charge in [-0.25, -0.2) is 0 Å². The fraction of sp³-hybridized carbons (Fsp3) is 0.533. The molecule has 17 heavy (non-hydrogen) atoms. The first-order chi connectivity index (χ1) is 8.33. The van der Waals surface area contributed by atoms with Crippen LogP contribution in [0, 0.1) is 17.2 Å². The zero-order chi connectivity index (χ0) is 12.1. The van der Waals surface area contributed by atoms with E-state index in [0.29, 0.717) is 0 Å². The first kappa shape index (κ1) is 12.1. The van der Waals surface area contributed by atoms with Gasteiger partial charge in [-0.15, -0.1) is 0 Å². The number of hydrogen-bond acceptors (Lipinski definition) is 2. The third-order valence-electron chi connectivity index (χ3n) is 3.28. The van der Waals surface area contributed by atoms with Crippen molar-refractivity contribution >= 4 is 0 Å². The Labute approximate surface area is 104 Å². The van der Waals surface area contributed by atoms with Gasteiger partial charge in [0.25, 0.3) is 0 Å². The fourth-order valence-corrected chi connectivity index (χ4v) is 2.22. The quantitative estimate of drug-likeness (QED) is 0.747. The molecule has 2 heteroatoms. The lowest BCUT2D eigenvalue weighted by atomic mass is 10.1. The molecule has 0 unspecified atom stereocenters. The highest BCUT2D eigenvalue weighted by Gasteiger charge is 2.24. The van der Waals surface area contributed by atoms with Gasteiger partial charge in [-0.05, 0) is 43.4 Å². The Balaban J connectivity index is 2.02. The monoisotopic (exact) mass is 228 g/mol. The Kier molecular flexibility index (Phi) is 4.17. The van der Waals surface area contributed by atoms with E-state index in [9.17, 15) is 0 Å². The van der Waals surface area contributed by atoms with E-state index in [1.165, 1.54) is 31.4 Å². The van der Waals surface area contributed by atoms with Crippen LogP contribution in [0.15, 0.2) is 24.3 Å². The third-order valence-corrected chi connectivity index (χ3v) is 3.28. The van der Waals surface area contributed by atoms with Gasteiger partial charge in [0.1, 0.15) is 0 Å². The molecule has 0 amide bonds. The van der Waals surface area contributed by atoms with Gasteiger partial charge in [0.15, 0.2) is 0 Å². The number of hydrogen-bond donors (Lipinski definition) is 0. The second-order valence-corrected chi connectivity index (χ2v) is 4.95. The lowest BCUT2D eigenvalue weighted by Gasteiger charge is -2.22. The molecular weight excluding hydrogens is 208 g/mol. The molecule has 1 aliphatic carbocycles. The second-order valence-electron chi connectivity index (χ2n) is 4.95. The molecule has 0 heterocycles. The highest BCUT2D eigenvalue weighted by atomic mass is 15.1. The molecule has 1 aromatic rings. The molecular formula is C15H20N2. The average molecular weight is 228 g/mol. The molecule has 0 atom stereocenters. The minimum absolute atomic E-state index is 0.824. The molecule has 1 fully saturated rings. The van der Waals surface area contributed by atoms with Crippen LogP contribution in [0.5, 0.6) is 0 Å². The molecule has 0 spiro atoms. The topological polar surface area (TPSA) is 27.0 Å². The number of nitrogens with zero attached hydrogens (tertiary/aromatic N) is 2. The molecule has 0 aromatic heterocycles. The molecule has 2 nitrogen and oxygen atoms in total. The van der Waals surface area contributed by atoms with Gasteiger partial charge in [-0.3, -0.25) is 4.90 Å². The van der Waals surface area contributed by atoms with Gasteiger partial charge in [-0.1, -0.05) is 25.1 Å². The molecule has 0 radical (unpaired) electrons. The van der Waals surface area contributed by atoms with E-state index in [2.05, 4.69) is 24.0 Å². The van der Waals surface area contributed by atoms with Crippen LogP contribution >= 0.6 is 0 Å². The Hall–Kier alpha value is -1.33. The molecule has 2 rings (SSSR count). The lowest BCUT2D eigenvalue weighted by Crippen LogP contribution is -2.26. The van der Waals surface area contributed by atoms with Crippen LogP contribution in [0.25, 0.3) is 0 Å². The van der Waals surface area contributed by atoms with Crippen LogP contribution in [0.2, 0.25) is 0 Å². The molecule has 1 saturated carbocycles. The number of nitriles is 1. The predicted molar refractivity (Wildman–Crippen MR) is 69.4 cm³/mol. The van der Waals surface area contributed by atoms with E-state index in [4.69, 9.17) is 5.26 Å². The first-order valence-electron chi connectivity index (χ1n) is 6.54. The maximum Gasteiger partial charge on any atom is 0.0995 e. The largest absolute Gasteiger partial charge is 0.299 e. The summed E-state index contributed by atoms with van der Waals surface area (Å²) in [6, 6.07) is 10.2. The van der Waals surface area contributed by atoms with E-state index in [-0.39, 0.29) is 0 Å². The van der Waals surface area contributed by atoms with Crippen molar-refractivity contribution in [1.82, 2.24) is 4.90 Å². The smallest absolute Gasteiger partial charge is 0.0995 e. The maximum absolute atomic E-state index is 9.09. The molecule has 0 aliphatic heterocycles. The molecule has 0 bridgehead atoms. The van der Waals surface area contributed by atoms with Crippen LogP contribution < -0.4 is 0 Å². The van der Waals surface area contributed by atoms with Crippen LogP contribution in [-0.4, -0.2) is 18.0 Å². The lowest BCUT2D eigenvalue weighted by molar-refractivity contribution is 0.255. The van der Waals surface area contributed by atoms with Crippen molar-refractivity contribution < 1.29 is 0 Å². The van der Waals surface area contributed by atoms with E-state index in [1.54, 1.807) is 0 Å². The van der Waals surface area contributed by atoms with Crippen LogP contribution in [0.1, 0.15) is 37.3 Å². The molecule has 1 aliphatic rings. The van der Waals surface area contributed by atoms with Gasteiger partial charge in [0.2, 0.25) is 0 Å². The maximum atomic E-state index is 9.09. The minimum atomic E-state index is 0.824. The van der Waals surface area contributed by atoms with Crippen LogP contribution in [0.4, 0.5) is 0 Å². The Bertz CT molecular complexity index is 402. The van der Waals surface area contributed by atoms with Crippen molar-refractivity contribution in [2.45, 2.75) is 32.7 Å². The normalized spacial score (nSPS) is 14.9. The number of rotatable bonds is 6. The molecule has 0 saturated heterocycles. The van der Waals surface area contributed by atoms with Crippen molar-refractivity contribution in [3.05, 3.63) is 35.4 Å². The fourth-order valence-electron chi connectivity index (χ4n) is 2.22. The van der Waals surface area contributed by atoms with Crippen LogP contribution in [0.3, 0.4) is 0 Å². The SMILES string of the molecule is CCCN(Cc1ccccc1C#N)CC1CC1. The van der Waals surface area contributed by atoms with Crippen molar-refractivity contribution in [3.8, 4) is 6.07 Å². The zero-order valence-electron chi connectivity index (χ0n) is 10.5. The van der Waals surface area contributed by atoms with Gasteiger partial charge >= 0.3 is 0 Å². The summed E-state index contributed by atoms with van der Waals surface area (Å²) < 4.78 is 0. The summed E-state index contributed by atoms with van der Waals surface area (Å²) in [4.78, 5) is 2.49. The van der Waals surface area contributed by atoms with Gasteiger partial charge < -0.3 is 0 Å². The summed E-state index contributed by atoms with van der Waals surface area (Å²) in [6.07, 6.45) is 3.96. The summed E-state index contributed by atoms with van der Waals surface area (Å²) in [6.45, 7) is 5.48. The molecule has 0 N–H and O–H groups in total. The Morgan fingerprint density at radius 3 is 2.76 bits per heavy atom. The summed E-state index contributed by atoms with van der Waals surface area (Å²) in [5.41, 5.74) is 1.99. The van der Waals surface area contributed by atoms with E-state index >= 15 is 0 Å². The van der Waals surface area contributed by atoms with Crippen molar-refractivity contribution in [1.29, 1.82) is 5.26 Å². The second kappa shape index (κ2) is 5.84. The van der Waals surface area contributed by atoms with Crippen LogP contribution in [-0.2, 0) is 6.54 Å². The summed E-state index contributed by atoms with van der Waals surface area (Å²) in [5, 5.41) is 9.09. The average Bonchev–Trinajstić information content (AvgIpc) is 3.14. The van der Waals surface area contributed by atoms with E-state index in [0.717, 1.165) is 24.6 Å². The van der Waals surface area contributed by atoms with Crippen molar-refractivity contribution in [2.75, 3.05) is 13.1 Å². The highest BCUT2D eigenvalue weighted by Crippen LogP contribution is 2.30. The summed E-state index contributed by atoms with van der Waals surface area (Å²) in [5.74, 6) is 0.913. The molecule has 90 valence electrons. The summed E-state index contributed by atoms with van der Waals surface area (Å²) >= 11 is 0. The number of benzene rings is 1. The van der Waals surface area contributed by atoms with Crippen molar-refractivity contribution in [2.24, 2.45) is 5.92 Å². The molecule has 1 aromatic carbocycles. The predicted octanol–water partition coefficient (Wildman–Crippen LogP) is 3.18. The third kappa shape index (κ3) is 3.57. The first-order valence-corrected chi connectivity index (χ1v) is 6.54. The van der Waals surface area contributed by atoms with E-state index < -0.39 is 0 Å². The minimum Gasteiger partial charge on any atom is -0.299 e. The standard InChI is InChI=1S/C15H20N2/c1-2-9-17(11-13-7-8-13)12-15-6-4-3-5-14(15)10-16/h3-6,13H,2,7-9,11-12H2,1H3. The highest BCUT2D eigenvalue weighted by molar-refractivity contribution is 5.37. The van der Waals surface area contributed by atoms with E-state index in [1.807, 2.05) is 18.2 Å². The van der Waals surface area contributed by atoms with Gasteiger partial charge in [-0.2, -0.15) is 5.26 Å². The zero-order valence-corrected chi connectivity index (χ0v) is 10.5.